The number of thioether (sulfide) groups is 1. The molecule has 3 aromatic rings. The Balaban J connectivity index is 0.00000205. The number of aromatic nitrogens is 2. The molecule has 0 unspecified atom stereocenters. The zero-order valence-electron chi connectivity index (χ0n) is 24.2. The van der Waals surface area contributed by atoms with Crippen LogP contribution in [0.5, 0.6) is 11.5 Å². The second-order valence-electron chi connectivity index (χ2n) is 10.1. The fraction of sp³-hybridized carbons (Fsp3) is 0.469. The van der Waals surface area contributed by atoms with Crippen LogP contribution in [0.4, 0.5) is 0 Å². The molecule has 2 heterocycles. The van der Waals surface area contributed by atoms with Crippen molar-refractivity contribution in [3.8, 4) is 17.6 Å². The molecule has 1 aromatic heterocycles. The molecule has 1 aliphatic heterocycles. The third-order valence-electron chi connectivity index (χ3n) is 7.18. The molecule has 0 atom stereocenters. The van der Waals surface area contributed by atoms with Gasteiger partial charge in [0.05, 0.1) is 17.9 Å². The fourth-order valence-corrected chi connectivity index (χ4v) is 5.13. The Morgan fingerprint density at radius 2 is 1.77 bits per heavy atom. The lowest BCUT2D eigenvalue weighted by Crippen LogP contribution is -2.28. The number of piperidine rings is 1. The highest BCUT2D eigenvalue weighted by molar-refractivity contribution is 7.98. The second-order valence-corrected chi connectivity index (χ2v) is 10.9. The van der Waals surface area contributed by atoms with Crippen LogP contribution in [0.3, 0.4) is 0 Å². The monoisotopic (exact) mass is 546 g/mol. The maximum Gasteiger partial charge on any atom is 0.187 e. The van der Waals surface area contributed by atoms with E-state index >= 15 is 0 Å². The number of ether oxygens (including phenoxy) is 2. The van der Waals surface area contributed by atoms with Crippen LogP contribution in [0, 0.1) is 24.2 Å². The van der Waals surface area contributed by atoms with Gasteiger partial charge in [-0.15, -0.1) is 0 Å². The van der Waals surface area contributed by atoms with Crippen molar-refractivity contribution in [3.63, 3.8) is 0 Å². The van der Waals surface area contributed by atoms with E-state index in [0.29, 0.717) is 30.4 Å². The van der Waals surface area contributed by atoms with Crippen LogP contribution in [-0.2, 0) is 12.0 Å². The van der Waals surface area contributed by atoms with Gasteiger partial charge in [0.1, 0.15) is 24.2 Å². The minimum absolute atomic E-state index is 0.289. The molecule has 208 valence electrons. The quantitative estimate of drug-likeness (QED) is 0.215. The summed E-state index contributed by atoms with van der Waals surface area (Å²) in [5.74, 6) is 2.20. The summed E-state index contributed by atoms with van der Waals surface area (Å²) in [5, 5.41) is 14.1. The van der Waals surface area contributed by atoms with Gasteiger partial charge in [-0.25, -0.2) is 9.97 Å². The lowest BCUT2D eigenvalue weighted by Gasteiger charge is -2.28. The molecule has 0 spiro atoms. The summed E-state index contributed by atoms with van der Waals surface area (Å²) in [7, 11) is 0. The first-order valence-corrected chi connectivity index (χ1v) is 15.1. The predicted octanol–water partition coefficient (Wildman–Crippen LogP) is 7.08. The lowest BCUT2D eigenvalue weighted by molar-refractivity contribution is 0.250. The van der Waals surface area contributed by atoms with Gasteiger partial charge in [0.15, 0.2) is 5.16 Å². The highest BCUT2D eigenvalue weighted by Gasteiger charge is 2.26. The molecule has 0 bridgehead atoms. The van der Waals surface area contributed by atoms with E-state index in [9.17, 15) is 5.26 Å². The first-order chi connectivity index (χ1) is 18.9. The standard InChI is InChI=1S/C30H36N4O2S.C2H6/c1-21-17-25(18-23(19-31)28(21)35-16-12-22-9-13-32-14-10-22)30(2,3)24-5-7-27(8-6-24)36-20-26-11-15-33-29(34-26)37-4;1-2/h5-8,11,15,17-18,22,32H,9-10,12-14,16,20H2,1-4H3;1-2H3. The maximum absolute atomic E-state index is 9.91. The lowest BCUT2D eigenvalue weighted by atomic mass is 9.77. The molecule has 0 radical (unpaired) electrons. The van der Waals surface area contributed by atoms with Gasteiger partial charge in [0, 0.05) is 11.6 Å². The third kappa shape index (κ3) is 8.20. The molecule has 1 saturated heterocycles. The Morgan fingerprint density at radius 1 is 1.05 bits per heavy atom. The van der Waals surface area contributed by atoms with Crippen LogP contribution in [0.25, 0.3) is 0 Å². The molecular formula is C32H42N4O2S. The molecule has 0 aliphatic carbocycles. The molecule has 7 heteroatoms. The van der Waals surface area contributed by atoms with E-state index in [1.807, 2.05) is 51.3 Å². The van der Waals surface area contributed by atoms with Gasteiger partial charge >= 0.3 is 0 Å². The normalized spacial score (nSPS) is 13.7. The van der Waals surface area contributed by atoms with Crippen molar-refractivity contribution in [2.24, 2.45) is 5.92 Å². The zero-order chi connectivity index (χ0) is 28.3. The highest BCUT2D eigenvalue weighted by Crippen LogP contribution is 2.36. The van der Waals surface area contributed by atoms with Crippen LogP contribution < -0.4 is 14.8 Å². The van der Waals surface area contributed by atoms with Crippen molar-refractivity contribution >= 4 is 11.8 Å². The van der Waals surface area contributed by atoms with Gasteiger partial charge in [-0.1, -0.05) is 57.7 Å². The summed E-state index contributed by atoms with van der Waals surface area (Å²) >= 11 is 1.51. The Hall–Kier alpha value is -3.08. The molecule has 1 aliphatic rings. The number of aryl methyl sites for hydroxylation is 1. The van der Waals surface area contributed by atoms with Crippen molar-refractivity contribution in [1.29, 1.82) is 5.26 Å². The largest absolute Gasteiger partial charge is 0.492 e. The molecule has 0 amide bonds. The van der Waals surface area contributed by atoms with Gasteiger partial charge in [0.2, 0.25) is 0 Å². The number of hydrogen-bond acceptors (Lipinski definition) is 7. The van der Waals surface area contributed by atoms with E-state index in [4.69, 9.17) is 9.47 Å². The topological polar surface area (TPSA) is 80.1 Å². The van der Waals surface area contributed by atoms with Crippen molar-refractivity contribution in [2.45, 2.75) is 71.1 Å². The Labute approximate surface area is 238 Å². The Morgan fingerprint density at radius 3 is 2.44 bits per heavy atom. The molecular weight excluding hydrogens is 504 g/mol. The number of rotatable bonds is 10. The van der Waals surface area contributed by atoms with Gasteiger partial charge < -0.3 is 14.8 Å². The van der Waals surface area contributed by atoms with E-state index in [1.54, 1.807) is 6.20 Å². The minimum atomic E-state index is -0.289. The first-order valence-electron chi connectivity index (χ1n) is 13.9. The van der Waals surface area contributed by atoms with E-state index in [0.717, 1.165) is 52.8 Å². The number of hydrogen-bond donors (Lipinski definition) is 1. The summed E-state index contributed by atoms with van der Waals surface area (Å²) in [5.41, 5.74) is 4.40. The van der Waals surface area contributed by atoms with E-state index in [-0.39, 0.29) is 5.41 Å². The van der Waals surface area contributed by atoms with Crippen LogP contribution in [0.2, 0.25) is 0 Å². The first kappa shape index (κ1) is 30.5. The average Bonchev–Trinajstić information content (AvgIpc) is 2.98. The second kappa shape index (κ2) is 14.9. The van der Waals surface area contributed by atoms with Crippen molar-refractivity contribution in [2.75, 3.05) is 26.0 Å². The maximum atomic E-state index is 9.91. The van der Waals surface area contributed by atoms with Gasteiger partial charge in [-0.3, -0.25) is 0 Å². The van der Waals surface area contributed by atoms with E-state index in [1.165, 1.54) is 24.6 Å². The van der Waals surface area contributed by atoms with Crippen LogP contribution in [0.15, 0.2) is 53.8 Å². The Bertz CT molecular complexity index is 1230. The molecule has 2 aromatic carbocycles. The summed E-state index contributed by atoms with van der Waals surface area (Å²) in [6.45, 7) is 13.6. The van der Waals surface area contributed by atoms with Crippen LogP contribution in [-0.4, -0.2) is 35.9 Å². The average molecular weight is 547 g/mol. The summed E-state index contributed by atoms with van der Waals surface area (Å²) < 4.78 is 12.1. The summed E-state index contributed by atoms with van der Waals surface area (Å²) in [4.78, 5) is 8.67. The van der Waals surface area contributed by atoms with Crippen LogP contribution in [0.1, 0.15) is 74.9 Å². The van der Waals surface area contributed by atoms with Crippen molar-refractivity contribution in [3.05, 3.63) is 76.6 Å². The number of benzene rings is 2. The van der Waals surface area contributed by atoms with E-state index < -0.39 is 0 Å². The number of nitriles is 1. The van der Waals surface area contributed by atoms with Gasteiger partial charge in [-0.2, -0.15) is 5.26 Å². The third-order valence-corrected chi connectivity index (χ3v) is 7.75. The molecule has 1 N–H and O–H groups in total. The molecule has 4 rings (SSSR count). The molecule has 6 nitrogen and oxygen atoms in total. The SMILES string of the molecule is CC.CSc1nccc(COc2ccc(C(C)(C)c3cc(C)c(OCCC4CCNCC4)c(C#N)c3)cc2)n1. The Kier molecular flexibility index (Phi) is 11.6. The predicted molar refractivity (Wildman–Crippen MR) is 160 cm³/mol. The smallest absolute Gasteiger partial charge is 0.187 e. The molecule has 0 saturated carbocycles. The van der Waals surface area contributed by atoms with Crippen molar-refractivity contribution in [1.82, 2.24) is 15.3 Å². The summed E-state index contributed by atoms with van der Waals surface area (Å²) in [6, 6.07) is 16.5. The van der Waals surface area contributed by atoms with Gasteiger partial charge in [-0.05, 0) is 92.4 Å². The van der Waals surface area contributed by atoms with Crippen LogP contribution >= 0.6 is 11.8 Å². The number of nitrogens with zero attached hydrogens (tertiary/aromatic N) is 3. The van der Waals surface area contributed by atoms with E-state index in [2.05, 4.69) is 53.4 Å². The zero-order valence-corrected chi connectivity index (χ0v) is 25.0. The fourth-order valence-electron chi connectivity index (χ4n) is 4.75. The number of nitrogens with one attached hydrogen (secondary N) is 1. The van der Waals surface area contributed by atoms with Gasteiger partial charge in [0.25, 0.3) is 0 Å². The highest BCUT2D eigenvalue weighted by atomic mass is 32.2. The molecule has 39 heavy (non-hydrogen) atoms. The minimum Gasteiger partial charge on any atom is -0.492 e. The molecule has 1 fully saturated rings. The van der Waals surface area contributed by atoms with Crippen molar-refractivity contribution < 1.29 is 9.47 Å². The summed E-state index contributed by atoms with van der Waals surface area (Å²) in [6.07, 6.45) is 7.14.